The second-order valence-corrected chi connectivity index (χ2v) is 6.75. The lowest BCUT2D eigenvalue weighted by Crippen LogP contribution is -2.09. The van der Waals surface area contributed by atoms with E-state index in [1.807, 2.05) is 25.1 Å². The van der Waals surface area contributed by atoms with E-state index in [0.29, 0.717) is 22.8 Å². The predicted molar refractivity (Wildman–Crippen MR) is 103 cm³/mol. The van der Waals surface area contributed by atoms with Crippen LogP contribution in [0.5, 0.6) is 0 Å². The molecule has 0 bridgehead atoms. The highest BCUT2D eigenvalue weighted by Crippen LogP contribution is 2.32. The van der Waals surface area contributed by atoms with Crippen molar-refractivity contribution in [2.45, 2.75) is 20.4 Å². The first-order valence-corrected chi connectivity index (χ1v) is 8.61. The van der Waals surface area contributed by atoms with Gasteiger partial charge in [0.1, 0.15) is 0 Å². The number of fused-ring (bicyclic) bond motifs is 3. The van der Waals surface area contributed by atoms with Crippen molar-refractivity contribution in [3.63, 3.8) is 0 Å². The highest BCUT2D eigenvalue weighted by molar-refractivity contribution is 6.35. The molecule has 1 aromatic heterocycles. The summed E-state index contributed by atoms with van der Waals surface area (Å²) >= 11 is 6.40. The molecule has 1 aliphatic rings. The Balaban J connectivity index is 2.04. The van der Waals surface area contributed by atoms with Crippen LogP contribution in [0.25, 0.3) is 5.69 Å². The third kappa shape index (κ3) is 2.52. The van der Waals surface area contributed by atoms with Crippen molar-refractivity contribution in [2.75, 3.05) is 0 Å². The minimum absolute atomic E-state index is 0.0356. The number of benzene rings is 2. The van der Waals surface area contributed by atoms with E-state index in [9.17, 15) is 10.1 Å². The molecule has 26 heavy (non-hydrogen) atoms. The second-order valence-electron chi connectivity index (χ2n) is 6.34. The lowest BCUT2D eigenvalue weighted by molar-refractivity contribution is -0.384. The van der Waals surface area contributed by atoms with E-state index in [4.69, 9.17) is 16.6 Å². The van der Waals surface area contributed by atoms with Crippen LogP contribution in [0.4, 0.5) is 5.69 Å². The van der Waals surface area contributed by atoms with Crippen LogP contribution in [0, 0.1) is 24.0 Å². The zero-order valence-corrected chi connectivity index (χ0v) is 15.1. The number of rotatable bonds is 2. The predicted octanol–water partition coefficient (Wildman–Crippen LogP) is 5.01. The van der Waals surface area contributed by atoms with Crippen molar-refractivity contribution < 1.29 is 4.92 Å². The monoisotopic (exact) mass is 365 g/mol. The maximum absolute atomic E-state index is 11.3. The molecule has 0 fully saturated rings. The van der Waals surface area contributed by atoms with Crippen LogP contribution >= 0.6 is 11.6 Å². The molecule has 2 aromatic carbocycles. The molecule has 0 spiro atoms. The summed E-state index contributed by atoms with van der Waals surface area (Å²) in [6.07, 6.45) is 0. The summed E-state index contributed by atoms with van der Waals surface area (Å²) in [5, 5.41) is 11.9. The van der Waals surface area contributed by atoms with Crippen LogP contribution in [0.3, 0.4) is 0 Å². The van der Waals surface area contributed by atoms with Crippen molar-refractivity contribution in [1.82, 2.24) is 4.57 Å². The van der Waals surface area contributed by atoms with Gasteiger partial charge in [-0.15, -0.1) is 0 Å². The van der Waals surface area contributed by atoms with Crippen LogP contribution in [-0.4, -0.2) is 15.2 Å². The van der Waals surface area contributed by atoms with E-state index in [0.717, 1.165) is 22.6 Å². The first kappa shape index (κ1) is 16.5. The minimum Gasteiger partial charge on any atom is -0.315 e. The average molecular weight is 366 g/mol. The number of nitrogens with zero attached hydrogens (tertiary/aromatic N) is 3. The third-order valence-electron chi connectivity index (χ3n) is 4.79. The van der Waals surface area contributed by atoms with Gasteiger partial charge in [0.15, 0.2) is 0 Å². The molecule has 0 atom stereocenters. The molecule has 0 saturated heterocycles. The summed E-state index contributed by atoms with van der Waals surface area (Å²) in [6.45, 7) is 4.59. The van der Waals surface area contributed by atoms with Gasteiger partial charge in [-0.25, -0.2) is 0 Å². The molecule has 0 saturated carbocycles. The number of halogens is 1. The lowest BCUT2D eigenvalue weighted by atomic mass is 9.99. The molecule has 0 aliphatic carbocycles. The van der Waals surface area contributed by atoms with Crippen LogP contribution in [-0.2, 0) is 6.54 Å². The normalized spacial score (nSPS) is 12.8. The molecule has 0 N–H and O–H groups in total. The van der Waals surface area contributed by atoms with Gasteiger partial charge in [0.2, 0.25) is 0 Å². The lowest BCUT2D eigenvalue weighted by Gasteiger charge is -2.14. The molecule has 6 heteroatoms. The number of hydrogen-bond donors (Lipinski definition) is 0. The van der Waals surface area contributed by atoms with Gasteiger partial charge in [0.05, 0.1) is 22.9 Å². The molecular weight excluding hydrogens is 350 g/mol. The Morgan fingerprint density at radius 2 is 1.88 bits per heavy atom. The number of nitro groups is 1. The first-order valence-electron chi connectivity index (χ1n) is 8.23. The molecule has 4 rings (SSSR count). The SMILES string of the molecule is Cc1cc2n(c1C)-c1ccc([N+](=O)[O-])cc1C(c1ccccc1Cl)=NC2. The van der Waals surface area contributed by atoms with Crippen LogP contribution in [0.15, 0.2) is 53.5 Å². The van der Waals surface area contributed by atoms with Crippen molar-refractivity contribution in [3.05, 3.63) is 91.7 Å². The van der Waals surface area contributed by atoms with Crippen molar-refractivity contribution in [1.29, 1.82) is 0 Å². The largest absolute Gasteiger partial charge is 0.315 e. The molecular formula is C20H16ClN3O2. The molecule has 0 unspecified atom stereocenters. The maximum Gasteiger partial charge on any atom is 0.270 e. The summed E-state index contributed by atoms with van der Waals surface area (Å²) in [5.41, 5.74) is 6.40. The average Bonchev–Trinajstić information content (AvgIpc) is 2.81. The van der Waals surface area contributed by atoms with Crippen LogP contribution < -0.4 is 0 Å². The molecule has 130 valence electrons. The molecule has 2 heterocycles. The van der Waals surface area contributed by atoms with Gasteiger partial charge in [-0.3, -0.25) is 15.1 Å². The van der Waals surface area contributed by atoms with Gasteiger partial charge in [-0.1, -0.05) is 29.8 Å². The van der Waals surface area contributed by atoms with Crippen LogP contribution in [0.2, 0.25) is 5.02 Å². The fourth-order valence-electron chi connectivity index (χ4n) is 3.41. The maximum atomic E-state index is 11.3. The highest BCUT2D eigenvalue weighted by atomic mass is 35.5. The Kier molecular flexibility index (Phi) is 3.89. The summed E-state index contributed by atoms with van der Waals surface area (Å²) in [6, 6.07) is 14.5. The molecule has 3 aromatic rings. The van der Waals surface area contributed by atoms with Gasteiger partial charge in [-0.05, 0) is 37.6 Å². The molecule has 5 nitrogen and oxygen atoms in total. The van der Waals surface area contributed by atoms with Crippen molar-refractivity contribution >= 4 is 23.0 Å². The number of hydrogen-bond acceptors (Lipinski definition) is 3. The van der Waals surface area contributed by atoms with Gasteiger partial charge >= 0.3 is 0 Å². The number of aromatic nitrogens is 1. The van der Waals surface area contributed by atoms with Crippen molar-refractivity contribution in [3.8, 4) is 5.69 Å². The molecule has 0 radical (unpaired) electrons. The zero-order chi connectivity index (χ0) is 18.4. The highest BCUT2D eigenvalue weighted by Gasteiger charge is 2.24. The minimum atomic E-state index is -0.385. The second kappa shape index (κ2) is 6.11. The van der Waals surface area contributed by atoms with Gasteiger partial charge < -0.3 is 4.57 Å². The Bertz CT molecular complexity index is 1080. The van der Waals surface area contributed by atoms with E-state index in [1.165, 1.54) is 11.6 Å². The van der Waals surface area contributed by atoms with E-state index in [2.05, 4.69) is 17.6 Å². The van der Waals surface area contributed by atoms with Gasteiger partial charge in [0, 0.05) is 39.7 Å². The summed E-state index contributed by atoms with van der Waals surface area (Å²) in [7, 11) is 0. The number of nitro benzene ring substituents is 1. The summed E-state index contributed by atoms with van der Waals surface area (Å²) in [4.78, 5) is 15.7. The zero-order valence-electron chi connectivity index (χ0n) is 14.4. The van der Waals surface area contributed by atoms with Gasteiger partial charge in [-0.2, -0.15) is 0 Å². The fraction of sp³-hybridized carbons (Fsp3) is 0.150. The number of aryl methyl sites for hydroxylation is 1. The standard InChI is InChI=1S/C20H16ClN3O2/c1-12-9-15-11-22-20(16-5-3-4-6-18(16)21)17-10-14(24(25)26)7-8-19(17)23(15)13(12)2/h3-10H,11H2,1-2H3. The first-order chi connectivity index (χ1) is 12.5. The van der Waals surface area contributed by atoms with Gasteiger partial charge in [0.25, 0.3) is 5.69 Å². The number of non-ortho nitro benzene ring substituents is 1. The fourth-order valence-corrected chi connectivity index (χ4v) is 3.64. The smallest absolute Gasteiger partial charge is 0.270 e. The van der Waals surface area contributed by atoms with Crippen LogP contribution in [0.1, 0.15) is 28.1 Å². The topological polar surface area (TPSA) is 60.4 Å². The number of aliphatic imine (C=N–C) groups is 1. The Morgan fingerprint density at radius 1 is 1.12 bits per heavy atom. The summed E-state index contributed by atoms with van der Waals surface area (Å²) in [5.74, 6) is 0. The third-order valence-corrected chi connectivity index (χ3v) is 5.12. The summed E-state index contributed by atoms with van der Waals surface area (Å²) < 4.78 is 2.13. The van der Waals surface area contributed by atoms with E-state index in [1.54, 1.807) is 18.2 Å². The molecule has 1 aliphatic heterocycles. The Morgan fingerprint density at radius 3 is 2.62 bits per heavy atom. The van der Waals surface area contributed by atoms with E-state index in [-0.39, 0.29) is 10.6 Å². The van der Waals surface area contributed by atoms with E-state index < -0.39 is 0 Å². The Labute approximate surface area is 155 Å². The van der Waals surface area contributed by atoms with Crippen molar-refractivity contribution in [2.24, 2.45) is 4.99 Å². The quantitative estimate of drug-likeness (QED) is 0.473. The molecule has 0 amide bonds. The van der Waals surface area contributed by atoms with E-state index >= 15 is 0 Å². The Hall–Kier alpha value is -2.92.